The van der Waals surface area contributed by atoms with E-state index in [9.17, 15) is 0 Å². The van der Waals surface area contributed by atoms with E-state index < -0.39 is 0 Å². The molecule has 3 rings (SSSR count). The average Bonchev–Trinajstić information content (AvgIpc) is 2.77. The smallest absolute Gasteiger partial charge is 0.0177 e. The first kappa shape index (κ1) is 12.3. The van der Waals surface area contributed by atoms with Crippen molar-refractivity contribution in [3.05, 3.63) is 0 Å². The van der Waals surface area contributed by atoms with Crippen LogP contribution in [0.5, 0.6) is 0 Å². The lowest BCUT2D eigenvalue weighted by molar-refractivity contribution is 0.0970. The maximum atomic E-state index is 4.07. The Morgan fingerprint density at radius 1 is 1.06 bits per heavy atom. The number of thioether (sulfide) groups is 1. The van der Waals surface area contributed by atoms with Crippen molar-refractivity contribution in [2.45, 2.75) is 65.0 Å². The molecule has 2 bridgehead atoms. The first-order valence-corrected chi connectivity index (χ1v) is 8.52. The summed E-state index contributed by atoms with van der Waals surface area (Å²) in [5.41, 5.74) is 1.12. The summed E-state index contributed by atoms with van der Waals surface area (Å²) in [5, 5.41) is 4.07. The Morgan fingerprint density at radius 2 is 1.76 bits per heavy atom. The molecule has 3 atom stereocenters. The van der Waals surface area contributed by atoms with Gasteiger partial charge in [-0.2, -0.15) is 11.8 Å². The number of nitrogens with one attached hydrogen (secondary N) is 1. The molecule has 0 aromatic rings. The second-order valence-electron chi connectivity index (χ2n) is 7.40. The van der Waals surface area contributed by atoms with E-state index in [1.807, 2.05) is 0 Å². The van der Waals surface area contributed by atoms with Crippen molar-refractivity contribution in [2.24, 2.45) is 16.7 Å². The van der Waals surface area contributed by atoms with Gasteiger partial charge in [-0.25, -0.2) is 0 Å². The van der Waals surface area contributed by atoms with Crippen molar-refractivity contribution < 1.29 is 0 Å². The lowest BCUT2D eigenvalue weighted by atomic mass is 9.68. The third kappa shape index (κ3) is 1.96. The molecule has 0 aromatic carbocycles. The molecule has 2 aliphatic carbocycles. The fraction of sp³-hybridized carbons (Fsp3) is 1.00. The molecule has 3 fully saturated rings. The van der Waals surface area contributed by atoms with Crippen LogP contribution < -0.4 is 5.32 Å². The molecule has 98 valence electrons. The van der Waals surface area contributed by atoms with Crippen LogP contribution >= 0.6 is 11.8 Å². The Morgan fingerprint density at radius 3 is 2.35 bits per heavy atom. The zero-order chi connectivity index (χ0) is 12.1. The molecule has 0 radical (unpaired) electrons. The van der Waals surface area contributed by atoms with E-state index in [-0.39, 0.29) is 0 Å². The van der Waals surface area contributed by atoms with E-state index in [0.717, 1.165) is 18.0 Å². The number of hydrogen-bond acceptors (Lipinski definition) is 2. The second-order valence-corrected chi connectivity index (χ2v) is 8.63. The maximum absolute atomic E-state index is 4.07. The van der Waals surface area contributed by atoms with Gasteiger partial charge in [0.2, 0.25) is 0 Å². The van der Waals surface area contributed by atoms with Gasteiger partial charge in [0.05, 0.1) is 0 Å². The normalized spacial score (nSPS) is 45.4. The minimum atomic E-state index is 0.525. The molecule has 2 heteroatoms. The molecule has 17 heavy (non-hydrogen) atoms. The summed E-state index contributed by atoms with van der Waals surface area (Å²) in [6.45, 7) is 7.56. The van der Waals surface area contributed by atoms with E-state index in [4.69, 9.17) is 0 Å². The topological polar surface area (TPSA) is 12.0 Å². The van der Waals surface area contributed by atoms with Crippen molar-refractivity contribution in [3.8, 4) is 0 Å². The van der Waals surface area contributed by atoms with Gasteiger partial charge < -0.3 is 5.32 Å². The van der Waals surface area contributed by atoms with Crippen LogP contribution in [0.1, 0.15) is 52.9 Å². The van der Waals surface area contributed by atoms with Gasteiger partial charge in [0, 0.05) is 12.1 Å². The molecule has 1 aliphatic heterocycles. The Kier molecular flexibility index (Phi) is 3.02. The highest BCUT2D eigenvalue weighted by molar-refractivity contribution is 7.99. The summed E-state index contributed by atoms with van der Waals surface area (Å²) in [7, 11) is 0. The van der Waals surface area contributed by atoms with E-state index in [1.54, 1.807) is 0 Å². The first-order chi connectivity index (χ1) is 8.02. The van der Waals surface area contributed by atoms with Crippen molar-refractivity contribution >= 4 is 11.8 Å². The van der Waals surface area contributed by atoms with Gasteiger partial charge in [0.1, 0.15) is 0 Å². The molecular weight excluding hydrogens is 226 g/mol. The monoisotopic (exact) mass is 253 g/mol. The fourth-order valence-corrected chi connectivity index (χ4v) is 5.92. The fourth-order valence-electron chi connectivity index (χ4n) is 4.82. The van der Waals surface area contributed by atoms with Gasteiger partial charge in [-0.3, -0.25) is 0 Å². The van der Waals surface area contributed by atoms with Gasteiger partial charge in [-0.15, -0.1) is 0 Å². The van der Waals surface area contributed by atoms with Gasteiger partial charge in [-0.05, 0) is 60.4 Å². The lowest BCUT2D eigenvalue weighted by Gasteiger charge is -2.45. The molecular formula is C15H27NS. The Balaban J connectivity index is 1.73. The summed E-state index contributed by atoms with van der Waals surface area (Å²) in [5.74, 6) is 3.71. The van der Waals surface area contributed by atoms with E-state index in [2.05, 4.69) is 37.8 Å². The van der Waals surface area contributed by atoms with E-state index in [0.29, 0.717) is 10.8 Å². The summed E-state index contributed by atoms with van der Waals surface area (Å²) >= 11 is 2.13. The van der Waals surface area contributed by atoms with Gasteiger partial charge in [-0.1, -0.05) is 20.8 Å². The lowest BCUT2D eigenvalue weighted by Crippen LogP contribution is -2.54. The molecule has 1 heterocycles. The van der Waals surface area contributed by atoms with Crippen molar-refractivity contribution in [1.29, 1.82) is 0 Å². The third-order valence-corrected chi connectivity index (χ3v) is 6.94. The molecule has 0 spiro atoms. The number of hydrogen-bond donors (Lipinski definition) is 1. The van der Waals surface area contributed by atoms with Crippen LogP contribution in [0.2, 0.25) is 0 Å². The standard InChI is InChI=1S/C15H27NS/c1-14(2)11-4-7-15(3,10-11)13(14)16-12-5-8-17-9-6-12/h11-13,16H,4-10H2,1-3H3. The largest absolute Gasteiger partial charge is 0.310 e. The van der Waals surface area contributed by atoms with Gasteiger partial charge >= 0.3 is 0 Å². The minimum Gasteiger partial charge on any atom is -0.310 e. The Labute approximate surface area is 111 Å². The zero-order valence-electron chi connectivity index (χ0n) is 11.6. The van der Waals surface area contributed by atoms with E-state index >= 15 is 0 Å². The van der Waals surface area contributed by atoms with Crippen LogP contribution in [-0.2, 0) is 0 Å². The molecule has 3 unspecified atom stereocenters. The minimum absolute atomic E-state index is 0.525. The highest BCUT2D eigenvalue weighted by atomic mass is 32.2. The summed E-state index contributed by atoms with van der Waals surface area (Å²) < 4.78 is 0. The van der Waals surface area contributed by atoms with Crippen LogP contribution in [0.3, 0.4) is 0 Å². The van der Waals surface area contributed by atoms with E-state index in [1.165, 1.54) is 43.6 Å². The Bertz CT molecular complexity index is 291. The molecule has 1 nitrogen and oxygen atoms in total. The molecule has 0 amide bonds. The number of fused-ring (bicyclic) bond motifs is 2. The first-order valence-electron chi connectivity index (χ1n) is 7.36. The van der Waals surface area contributed by atoms with Crippen molar-refractivity contribution in [2.75, 3.05) is 11.5 Å². The van der Waals surface area contributed by atoms with Crippen LogP contribution in [-0.4, -0.2) is 23.6 Å². The number of rotatable bonds is 2. The second kappa shape index (κ2) is 4.16. The highest BCUT2D eigenvalue weighted by Crippen LogP contribution is 2.62. The van der Waals surface area contributed by atoms with Crippen molar-refractivity contribution in [3.63, 3.8) is 0 Å². The summed E-state index contributed by atoms with van der Waals surface area (Å²) in [6.07, 6.45) is 7.18. The molecule has 3 aliphatic rings. The summed E-state index contributed by atoms with van der Waals surface area (Å²) in [4.78, 5) is 0. The highest BCUT2D eigenvalue weighted by Gasteiger charge is 2.59. The molecule has 1 N–H and O–H groups in total. The molecule has 0 aromatic heterocycles. The zero-order valence-corrected chi connectivity index (χ0v) is 12.4. The Hall–Kier alpha value is 0.310. The maximum Gasteiger partial charge on any atom is 0.0177 e. The van der Waals surface area contributed by atoms with Crippen LogP contribution in [0.4, 0.5) is 0 Å². The SMILES string of the molecule is CC12CCC(C1)C(C)(C)C2NC1CCSCC1. The summed E-state index contributed by atoms with van der Waals surface area (Å²) in [6, 6.07) is 1.57. The average molecular weight is 253 g/mol. The quantitative estimate of drug-likeness (QED) is 0.805. The van der Waals surface area contributed by atoms with Crippen LogP contribution in [0, 0.1) is 16.7 Å². The predicted octanol–water partition coefficient (Wildman–Crippen LogP) is 3.69. The van der Waals surface area contributed by atoms with Crippen LogP contribution in [0.15, 0.2) is 0 Å². The van der Waals surface area contributed by atoms with Crippen molar-refractivity contribution in [1.82, 2.24) is 5.32 Å². The van der Waals surface area contributed by atoms with Gasteiger partial charge in [0.15, 0.2) is 0 Å². The molecule has 1 saturated heterocycles. The van der Waals surface area contributed by atoms with Crippen LogP contribution in [0.25, 0.3) is 0 Å². The predicted molar refractivity (Wildman–Crippen MR) is 76.5 cm³/mol. The molecule has 2 saturated carbocycles. The van der Waals surface area contributed by atoms with Gasteiger partial charge in [0.25, 0.3) is 0 Å². The third-order valence-electron chi connectivity index (χ3n) is 5.89.